The van der Waals surface area contributed by atoms with Gasteiger partial charge in [0.2, 0.25) is 0 Å². The largest absolute Gasteiger partial charge is 0.489 e. The van der Waals surface area contributed by atoms with Crippen LogP contribution in [-0.4, -0.2) is 33.9 Å². The topological polar surface area (TPSA) is 83.7 Å². The molecule has 2 aromatic carbocycles. The highest BCUT2D eigenvalue weighted by atomic mass is 16.5. The van der Waals surface area contributed by atoms with Crippen molar-refractivity contribution in [1.82, 2.24) is 20.4 Å². The Morgan fingerprint density at radius 2 is 1.87 bits per heavy atom. The first-order chi connectivity index (χ1) is 15.0. The third-order valence-electron chi connectivity index (χ3n) is 4.89. The van der Waals surface area contributed by atoms with Crippen molar-refractivity contribution >= 4 is 5.96 Å². The summed E-state index contributed by atoms with van der Waals surface area (Å²) in [5.41, 5.74) is 1.79. The van der Waals surface area contributed by atoms with Gasteiger partial charge >= 0.3 is 0 Å². The molecule has 0 saturated carbocycles. The summed E-state index contributed by atoms with van der Waals surface area (Å²) in [6.45, 7) is 5.74. The molecule has 0 fully saturated rings. The molecule has 0 spiro atoms. The second-order valence-electron chi connectivity index (χ2n) is 7.61. The highest BCUT2D eigenvalue weighted by Crippen LogP contribution is 2.21. The van der Waals surface area contributed by atoms with E-state index in [0.717, 1.165) is 22.4 Å². The lowest BCUT2D eigenvalue weighted by Gasteiger charge is -2.23. The predicted octanol–water partition coefficient (Wildman–Crippen LogP) is 2.96. The summed E-state index contributed by atoms with van der Waals surface area (Å²) in [4.78, 5) is 4.68. The molecule has 0 saturated heterocycles. The lowest BCUT2D eigenvalue weighted by Crippen LogP contribution is -2.44. The van der Waals surface area contributed by atoms with Crippen molar-refractivity contribution in [2.45, 2.75) is 32.6 Å². The van der Waals surface area contributed by atoms with E-state index >= 15 is 0 Å². The smallest absolute Gasteiger partial charge is 0.191 e. The zero-order valence-corrected chi connectivity index (χ0v) is 18.4. The van der Waals surface area contributed by atoms with Crippen LogP contribution in [0.4, 0.5) is 0 Å². The molecule has 3 N–H and O–H groups in total. The molecule has 7 nitrogen and oxygen atoms in total. The molecule has 1 heterocycles. The van der Waals surface area contributed by atoms with Gasteiger partial charge in [0.05, 0.1) is 19.3 Å². The number of nitrogens with one attached hydrogen (secondary N) is 2. The number of aliphatic hydroxyl groups is 1. The highest BCUT2D eigenvalue weighted by Gasteiger charge is 2.25. The summed E-state index contributed by atoms with van der Waals surface area (Å²) in [6, 6.07) is 18.0. The zero-order chi connectivity index (χ0) is 22.1. The van der Waals surface area contributed by atoms with Gasteiger partial charge in [0.25, 0.3) is 0 Å². The molecule has 3 aromatic rings. The number of hydrogen-bond acceptors (Lipinski definition) is 4. The van der Waals surface area contributed by atoms with E-state index in [-0.39, 0.29) is 0 Å². The number of nitrogens with zero attached hydrogens (tertiary/aromatic N) is 3. The Balaban J connectivity index is 1.65. The van der Waals surface area contributed by atoms with Crippen LogP contribution in [0.2, 0.25) is 0 Å². The van der Waals surface area contributed by atoms with Gasteiger partial charge in [-0.15, -0.1) is 0 Å². The summed E-state index contributed by atoms with van der Waals surface area (Å²) < 4.78 is 7.71. The Labute approximate surface area is 183 Å². The summed E-state index contributed by atoms with van der Waals surface area (Å²) in [5, 5.41) is 21.4. The molecule has 0 amide bonds. The van der Waals surface area contributed by atoms with Gasteiger partial charge < -0.3 is 20.5 Å². The van der Waals surface area contributed by atoms with Crippen molar-refractivity contribution in [3.63, 3.8) is 0 Å². The average Bonchev–Trinajstić information content (AvgIpc) is 3.23. The van der Waals surface area contributed by atoms with Gasteiger partial charge in [0.15, 0.2) is 5.96 Å². The molecule has 7 heteroatoms. The van der Waals surface area contributed by atoms with Crippen LogP contribution in [0, 0.1) is 0 Å². The summed E-state index contributed by atoms with van der Waals surface area (Å²) in [7, 11) is 1.83. The van der Waals surface area contributed by atoms with E-state index in [1.165, 1.54) is 0 Å². The van der Waals surface area contributed by atoms with Crippen LogP contribution in [0.15, 0.2) is 72.0 Å². The molecule has 31 heavy (non-hydrogen) atoms. The molecule has 164 valence electrons. The lowest BCUT2D eigenvalue weighted by molar-refractivity contribution is 0.0616. The van der Waals surface area contributed by atoms with Gasteiger partial charge in [-0.2, -0.15) is 5.10 Å². The third kappa shape index (κ3) is 6.58. The molecule has 0 aliphatic heterocycles. The van der Waals surface area contributed by atoms with Crippen LogP contribution in [0.3, 0.4) is 0 Å². The Kier molecular flexibility index (Phi) is 7.67. The third-order valence-corrected chi connectivity index (χ3v) is 4.89. The number of aromatic nitrogens is 2. The van der Waals surface area contributed by atoms with E-state index in [0.29, 0.717) is 32.2 Å². The van der Waals surface area contributed by atoms with Crippen LogP contribution in [0.5, 0.6) is 5.75 Å². The first-order valence-electron chi connectivity index (χ1n) is 10.5. The standard InChI is InChI=1S/C24H31N5O2/c1-4-25-23(27-18-24(2,30)21-15-28-29(3)16-21)26-14-20-12-8-9-13-22(20)31-17-19-10-6-5-7-11-19/h5-13,15-16,30H,4,14,17-18H2,1-3H3,(H2,25,26,27). The minimum absolute atomic E-state index is 0.302. The molecule has 1 unspecified atom stereocenters. The van der Waals surface area contributed by atoms with Crippen LogP contribution in [-0.2, 0) is 25.8 Å². The van der Waals surface area contributed by atoms with E-state index in [9.17, 15) is 5.11 Å². The highest BCUT2D eigenvalue weighted by molar-refractivity contribution is 5.79. The van der Waals surface area contributed by atoms with Gasteiger partial charge in [-0.1, -0.05) is 48.5 Å². The number of aryl methyl sites for hydroxylation is 1. The Hall–Kier alpha value is -3.32. The summed E-state index contributed by atoms with van der Waals surface area (Å²) in [5.74, 6) is 1.44. The minimum Gasteiger partial charge on any atom is -0.489 e. The van der Waals surface area contributed by atoms with Crippen molar-refractivity contribution in [2.24, 2.45) is 12.0 Å². The first-order valence-corrected chi connectivity index (χ1v) is 10.5. The summed E-state index contributed by atoms with van der Waals surface area (Å²) in [6.07, 6.45) is 3.48. The molecule has 0 radical (unpaired) electrons. The van der Waals surface area contributed by atoms with E-state index in [1.54, 1.807) is 17.8 Å². The number of benzene rings is 2. The van der Waals surface area contributed by atoms with Crippen LogP contribution in [0.25, 0.3) is 0 Å². The molecular formula is C24H31N5O2. The van der Waals surface area contributed by atoms with Crippen molar-refractivity contribution in [2.75, 3.05) is 13.1 Å². The fourth-order valence-corrected chi connectivity index (χ4v) is 3.07. The SMILES string of the molecule is CCNC(=NCc1ccccc1OCc1ccccc1)NCC(C)(O)c1cnn(C)c1. The number of hydrogen-bond donors (Lipinski definition) is 3. The Morgan fingerprint density at radius 1 is 1.13 bits per heavy atom. The molecule has 0 bridgehead atoms. The maximum Gasteiger partial charge on any atom is 0.191 e. The number of para-hydroxylation sites is 1. The number of rotatable bonds is 9. The zero-order valence-electron chi connectivity index (χ0n) is 18.4. The second kappa shape index (κ2) is 10.6. The Morgan fingerprint density at radius 3 is 2.58 bits per heavy atom. The normalized spacial score (nSPS) is 13.5. The van der Waals surface area contributed by atoms with Crippen molar-refractivity contribution in [3.05, 3.63) is 83.7 Å². The number of aliphatic imine (C=N–C) groups is 1. The van der Waals surface area contributed by atoms with Gasteiger partial charge in [-0.25, -0.2) is 4.99 Å². The van der Waals surface area contributed by atoms with E-state index in [4.69, 9.17) is 4.74 Å². The summed E-state index contributed by atoms with van der Waals surface area (Å²) >= 11 is 0. The van der Waals surface area contributed by atoms with Crippen molar-refractivity contribution in [3.8, 4) is 5.75 Å². The van der Waals surface area contributed by atoms with Crippen molar-refractivity contribution < 1.29 is 9.84 Å². The molecule has 0 aliphatic rings. The molecular weight excluding hydrogens is 390 g/mol. The first kappa shape index (κ1) is 22.4. The van der Waals surface area contributed by atoms with E-state index < -0.39 is 5.60 Å². The van der Waals surface area contributed by atoms with Crippen molar-refractivity contribution in [1.29, 1.82) is 0 Å². The maximum atomic E-state index is 10.8. The monoisotopic (exact) mass is 421 g/mol. The quantitative estimate of drug-likeness (QED) is 0.365. The van der Waals surface area contributed by atoms with Crippen LogP contribution >= 0.6 is 0 Å². The second-order valence-corrected chi connectivity index (χ2v) is 7.61. The fourth-order valence-electron chi connectivity index (χ4n) is 3.07. The molecule has 1 aromatic heterocycles. The number of ether oxygens (including phenoxy) is 1. The lowest BCUT2D eigenvalue weighted by atomic mass is 10.00. The average molecular weight is 422 g/mol. The van der Waals surface area contributed by atoms with Gasteiger partial charge in [0.1, 0.15) is 18.0 Å². The van der Waals surface area contributed by atoms with Crippen LogP contribution < -0.4 is 15.4 Å². The van der Waals surface area contributed by atoms with E-state index in [2.05, 4.69) is 20.7 Å². The Bertz CT molecular complexity index is 982. The molecule has 0 aliphatic carbocycles. The van der Waals surface area contributed by atoms with Gasteiger partial charge in [-0.05, 0) is 25.5 Å². The fraction of sp³-hybridized carbons (Fsp3) is 0.333. The van der Waals surface area contributed by atoms with Gasteiger partial charge in [0, 0.05) is 30.9 Å². The van der Waals surface area contributed by atoms with Gasteiger partial charge in [-0.3, -0.25) is 4.68 Å². The maximum absolute atomic E-state index is 10.8. The predicted molar refractivity (Wildman–Crippen MR) is 123 cm³/mol. The van der Waals surface area contributed by atoms with E-state index in [1.807, 2.05) is 74.8 Å². The number of guanidine groups is 1. The van der Waals surface area contributed by atoms with Crippen LogP contribution in [0.1, 0.15) is 30.5 Å². The molecule has 3 rings (SSSR count). The molecule has 1 atom stereocenters. The minimum atomic E-state index is -1.07.